The van der Waals surface area contributed by atoms with Crippen LogP contribution in [0.3, 0.4) is 0 Å². The summed E-state index contributed by atoms with van der Waals surface area (Å²) < 4.78 is 13.0. The molecule has 2 aliphatic rings. The van der Waals surface area contributed by atoms with Gasteiger partial charge < -0.3 is 9.80 Å². The molecule has 0 atom stereocenters. The molecule has 2 aliphatic heterocycles. The minimum Gasteiger partial charge on any atom is -0.342 e. The number of rotatable bonds is 3. The van der Waals surface area contributed by atoms with E-state index in [9.17, 15) is 9.18 Å². The zero-order chi connectivity index (χ0) is 18.0. The molecule has 4 rings (SSSR count). The van der Waals surface area contributed by atoms with Crippen molar-refractivity contribution in [1.82, 2.24) is 19.9 Å². The molecule has 2 saturated heterocycles. The highest BCUT2D eigenvalue weighted by molar-refractivity contribution is 5.78. The molecule has 1 amide bonds. The molecule has 136 valence electrons. The Hall–Kier alpha value is -2.57. The number of carbonyl (C=O) groups excluding carboxylic acids is 1. The Labute approximate surface area is 152 Å². The molecule has 2 aromatic heterocycles. The Morgan fingerprint density at radius 3 is 2.54 bits per heavy atom. The van der Waals surface area contributed by atoms with Gasteiger partial charge in [0, 0.05) is 38.6 Å². The van der Waals surface area contributed by atoms with Crippen LogP contribution in [-0.4, -0.2) is 51.9 Å². The van der Waals surface area contributed by atoms with Crippen molar-refractivity contribution in [3.05, 3.63) is 48.3 Å². The first kappa shape index (κ1) is 16.9. The number of aromatic nitrogens is 3. The van der Waals surface area contributed by atoms with E-state index in [2.05, 4.69) is 19.9 Å². The first-order valence-electron chi connectivity index (χ1n) is 9.03. The second-order valence-electron chi connectivity index (χ2n) is 7.29. The number of likely N-dealkylation sites (tertiary alicyclic amines) is 1. The van der Waals surface area contributed by atoms with Gasteiger partial charge in [0.25, 0.3) is 0 Å². The SMILES string of the molecule is O=C(Cc1cccnc1)N1CCC2(CC1)CCN(c1ncc(F)cn1)C2. The average Bonchev–Trinajstić information content (AvgIpc) is 3.07. The number of carbonyl (C=O) groups is 1. The van der Waals surface area contributed by atoms with Gasteiger partial charge in [0.05, 0.1) is 18.8 Å². The highest BCUT2D eigenvalue weighted by Gasteiger charge is 2.42. The van der Waals surface area contributed by atoms with Gasteiger partial charge in [0.1, 0.15) is 0 Å². The maximum absolute atomic E-state index is 13.0. The summed E-state index contributed by atoms with van der Waals surface area (Å²) in [5.74, 6) is 0.353. The van der Waals surface area contributed by atoms with Crippen molar-refractivity contribution < 1.29 is 9.18 Å². The van der Waals surface area contributed by atoms with E-state index in [1.165, 1.54) is 12.4 Å². The lowest BCUT2D eigenvalue weighted by atomic mass is 9.77. The molecule has 7 heteroatoms. The molecule has 0 bridgehead atoms. The molecular weight excluding hydrogens is 333 g/mol. The van der Waals surface area contributed by atoms with Gasteiger partial charge in [-0.15, -0.1) is 0 Å². The largest absolute Gasteiger partial charge is 0.342 e. The molecule has 0 radical (unpaired) electrons. The van der Waals surface area contributed by atoms with Crippen LogP contribution in [0.5, 0.6) is 0 Å². The molecule has 0 saturated carbocycles. The van der Waals surface area contributed by atoms with Crippen molar-refractivity contribution in [1.29, 1.82) is 0 Å². The van der Waals surface area contributed by atoms with Gasteiger partial charge in [-0.3, -0.25) is 9.78 Å². The molecule has 2 aromatic rings. The molecule has 0 unspecified atom stereocenters. The third-order valence-electron chi connectivity index (χ3n) is 5.58. The van der Waals surface area contributed by atoms with Gasteiger partial charge in [-0.05, 0) is 36.3 Å². The number of pyridine rings is 1. The quantitative estimate of drug-likeness (QED) is 0.843. The van der Waals surface area contributed by atoms with Crippen molar-refractivity contribution in [2.75, 3.05) is 31.1 Å². The van der Waals surface area contributed by atoms with E-state index < -0.39 is 5.82 Å². The monoisotopic (exact) mass is 355 g/mol. The summed E-state index contributed by atoms with van der Waals surface area (Å²) in [6.07, 6.45) is 9.36. The molecule has 0 aliphatic carbocycles. The van der Waals surface area contributed by atoms with E-state index in [4.69, 9.17) is 0 Å². The van der Waals surface area contributed by atoms with Gasteiger partial charge in [-0.25, -0.2) is 14.4 Å². The topological polar surface area (TPSA) is 62.2 Å². The highest BCUT2D eigenvalue weighted by atomic mass is 19.1. The number of anilines is 1. The molecular formula is C19H22FN5O. The van der Waals surface area contributed by atoms with Crippen molar-refractivity contribution in [2.24, 2.45) is 5.41 Å². The van der Waals surface area contributed by atoms with E-state index in [0.717, 1.165) is 51.0 Å². The van der Waals surface area contributed by atoms with Crippen LogP contribution < -0.4 is 4.90 Å². The zero-order valence-electron chi connectivity index (χ0n) is 14.6. The fraction of sp³-hybridized carbons (Fsp3) is 0.474. The van der Waals surface area contributed by atoms with Gasteiger partial charge in [-0.1, -0.05) is 6.07 Å². The molecule has 26 heavy (non-hydrogen) atoms. The molecule has 0 N–H and O–H groups in total. The van der Waals surface area contributed by atoms with E-state index in [1.54, 1.807) is 12.4 Å². The summed E-state index contributed by atoms with van der Waals surface area (Å²) in [5.41, 5.74) is 1.17. The van der Waals surface area contributed by atoms with Crippen molar-refractivity contribution >= 4 is 11.9 Å². The maximum Gasteiger partial charge on any atom is 0.227 e. The average molecular weight is 355 g/mol. The Balaban J connectivity index is 1.33. The maximum atomic E-state index is 13.0. The highest BCUT2D eigenvalue weighted by Crippen LogP contribution is 2.41. The third-order valence-corrected chi connectivity index (χ3v) is 5.58. The van der Waals surface area contributed by atoms with Crippen LogP contribution in [0.4, 0.5) is 10.3 Å². The van der Waals surface area contributed by atoms with Crippen LogP contribution in [0.2, 0.25) is 0 Å². The van der Waals surface area contributed by atoms with Crippen molar-refractivity contribution in [2.45, 2.75) is 25.7 Å². The van der Waals surface area contributed by atoms with E-state index >= 15 is 0 Å². The Bertz CT molecular complexity index is 759. The second-order valence-corrected chi connectivity index (χ2v) is 7.29. The van der Waals surface area contributed by atoms with Crippen LogP contribution >= 0.6 is 0 Å². The fourth-order valence-electron chi connectivity index (χ4n) is 4.00. The van der Waals surface area contributed by atoms with Crippen LogP contribution in [0.25, 0.3) is 0 Å². The van der Waals surface area contributed by atoms with E-state index in [0.29, 0.717) is 12.4 Å². The summed E-state index contributed by atoms with van der Waals surface area (Å²) in [7, 11) is 0. The van der Waals surface area contributed by atoms with Crippen LogP contribution in [0.15, 0.2) is 36.9 Å². The van der Waals surface area contributed by atoms with Gasteiger partial charge >= 0.3 is 0 Å². The standard InChI is InChI=1S/C19H22FN5O/c20-16-12-22-18(23-13-16)25-9-5-19(14-25)3-7-24(8-4-19)17(26)10-15-2-1-6-21-11-15/h1-2,6,11-13H,3-5,7-10,14H2. The Morgan fingerprint density at radius 2 is 1.85 bits per heavy atom. The predicted octanol–water partition coefficient (Wildman–Crippen LogP) is 2.07. The van der Waals surface area contributed by atoms with Crippen molar-refractivity contribution in [3.63, 3.8) is 0 Å². The summed E-state index contributed by atoms with van der Waals surface area (Å²) >= 11 is 0. The van der Waals surface area contributed by atoms with E-state index in [1.807, 2.05) is 17.0 Å². The summed E-state index contributed by atoms with van der Waals surface area (Å²) in [5, 5.41) is 0. The smallest absolute Gasteiger partial charge is 0.227 e. The molecule has 4 heterocycles. The first-order valence-corrected chi connectivity index (χ1v) is 9.03. The lowest BCUT2D eigenvalue weighted by Gasteiger charge is -2.39. The number of amides is 1. The van der Waals surface area contributed by atoms with Crippen LogP contribution in [-0.2, 0) is 11.2 Å². The minimum absolute atomic E-state index is 0.171. The number of halogens is 1. The summed E-state index contributed by atoms with van der Waals surface area (Å²) in [4.78, 5) is 28.9. The van der Waals surface area contributed by atoms with Crippen molar-refractivity contribution in [3.8, 4) is 0 Å². The van der Waals surface area contributed by atoms with Gasteiger partial charge in [-0.2, -0.15) is 0 Å². The molecule has 6 nitrogen and oxygen atoms in total. The second kappa shape index (κ2) is 6.97. The summed E-state index contributed by atoms with van der Waals surface area (Å²) in [6, 6.07) is 3.80. The lowest BCUT2D eigenvalue weighted by Crippen LogP contribution is -2.44. The number of hydrogen-bond acceptors (Lipinski definition) is 5. The van der Waals surface area contributed by atoms with Crippen LogP contribution in [0, 0.1) is 11.2 Å². The Kier molecular flexibility index (Phi) is 4.53. The normalized spacial score (nSPS) is 19.1. The zero-order valence-corrected chi connectivity index (χ0v) is 14.6. The third kappa shape index (κ3) is 3.52. The molecule has 2 fully saturated rings. The fourth-order valence-corrected chi connectivity index (χ4v) is 4.00. The Morgan fingerprint density at radius 1 is 1.12 bits per heavy atom. The number of nitrogens with zero attached hydrogens (tertiary/aromatic N) is 5. The molecule has 1 spiro atoms. The minimum atomic E-state index is -0.414. The molecule has 0 aromatic carbocycles. The van der Waals surface area contributed by atoms with Gasteiger partial charge in [0.2, 0.25) is 11.9 Å². The van der Waals surface area contributed by atoms with E-state index in [-0.39, 0.29) is 11.3 Å². The predicted molar refractivity (Wildman–Crippen MR) is 95.0 cm³/mol. The number of piperidine rings is 1. The van der Waals surface area contributed by atoms with Gasteiger partial charge in [0.15, 0.2) is 5.82 Å². The summed E-state index contributed by atoms with van der Waals surface area (Å²) in [6.45, 7) is 3.34. The lowest BCUT2D eigenvalue weighted by molar-refractivity contribution is -0.132. The van der Waals surface area contributed by atoms with Crippen LogP contribution in [0.1, 0.15) is 24.8 Å². The first-order chi connectivity index (χ1) is 12.6. The number of hydrogen-bond donors (Lipinski definition) is 0.